The molecule has 98 valence electrons. The Hall–Kier alpha value is -1.09. The number of rotatable bonds is 6. The molecule has 1 aromatic carbocycles. The minimum Gasteiger partial charge on any atom is -0.207 e. The molecule has 1 rings (SSSR count). The van der Waals surface area contributed by atoms with Crippen LogP contribution in [0.25, 0.3) is 0 Å². The van der Waals surface area contributed by atoms with Crippen molar-refractivity contribution in [3.63, 3.8) is 0 Å². The highest BCUT2D eigenvalue weighted by Crippen LogP contribution is 2.20. The second-order valence-corrected chi connectivity index (χ2v) is 5.97. The summed E-state index contributed by atoms with van der Waals surface area (Å²) in [5.41, 5.74) is 0. The monoisotopic (exact) mass is 286 g/mol. The van der Waals surface area contributed by atoms with Crippen molar-refractivity contribution in [3.05, 3.63) is 29.3 Å². The molecule has 1 unspecified atom stereocenters. The van der Waals surface area contributed by atoms with Gasteiger partial charge in [0.05, 0.1) is 11.1 Å². The van der Waals surface area contributed by atoms with Gasteiger partial charge in [-0.2, -0.15) is 9.98 Å². The number of nitrogens with one attached hydrogen (secondary N) is 1. The van der Waals surface area contributed by atoms with Crippen molar-refractivity contribution in [1.82, 2.24) is 4.72 Å². The van der Waals surface area contributed by atoms with E-state index >= 15 is 0 Å². The number of unbranched alkanes of at least 4 members (excludes halogenated alkanes) is 1. The molecule has 6 heteroatoms. The SMILES string of the molecule is CCCCC(C#N)NS(=O)(=O)c1ccccc1Cl. The molecular formula is C12H15ClN2O2S. The van der Waals surface area contributed by atoms with Gasteiger partial charge >= 0.3 is 0 Å². The van der Waals surface area contributed by atoms with Crippen molar-refractivity contribution in [2.75, 3.05) is 0 Å². The van der Waals surface area contributed by atoms with Crippen LogP contribution in [0.5, 0.6) is 0 Å². The topological polar surface area (TPSA) is 70.0 Å². The van der Waals surface area contributed by atoms with Crippen LogP contribution in [0.3, 0.4) is 0 Å². The van der Waals surface area contributed by atoms with Crippen molar-refractivity contribution in [1.29, 1.82) is 5.26 Å². The standard InChI is InChI=1S/C12H15ClN2O2S/c1-2-3-6-10(9-14)15-18(16,17)12-8-5-4-7-11(12)13/h4-5,7-8,10,15H,2-3,6H2,1H3. The normalized spacial score (nSPS) is 12.9. The summed E-state index contributed by atoms with van der Waals surface area (Å²) >= 11 is 5.84. The van der Waals surface area contributed by atoms with Gasteiger partial charge in [-0.05, 0) is 18.6 Å². The highest BCUT2D eigenvalue weighted by Gasteiger charge is 2.21. The summed E-state index contributed by atoms with van der Waals surface area (Å²) in [6.07, 6.45) is 2.20. The summed E-state index contributed by atoms with van der Waals surface area (Å²) in [6, 6.07) is 7.40. The zero-order chi connectivity index (χ0) is 13.6. The second kappa shape index (κ2) is 6.74. The Morgan fingerprint density at radius 2 is 2.11 bits per heavy atom. The lowest BCUT2D eigenvalue weighted by Gasteiger charge is -2.12. The molecule has 0 amide bonds. The fourth-order valence-corrected chi connectivity index (χ4v) is 3.17. The Labute approximate surface area is 113 Å². The van der Waals surface area contributed by atoms with E-state index in [0.29, 0.717) is 6.42 Å². The second-order valence-electron chi connectivity index (χ2n) is 3.88. The van der Waals surface area contributed by atoms with Crippen molar-refractivity contribution in [2.24, 2.45) is 0 Å². The molecule has 0 saturated heterocycles. The van der Waals surface area contributed by atoms with Gasteiger partial charge in [-0.25, -0.2) is 8.42 Å². The fraction of sp³-hybridized carbons (Fsp3) is 0.417. The highest BCUT2D eigenvalue weighted by atomic mass is 35.5. The van der Waals surface area contributed by atoms with E-state index in [-0.39, 0.29) is 9.92 Å². The van der Waals surface area contributed by atoms with Crippen LogP contribution in [0, 0.1) is 11.3 Å². The van der Waals surface area contributed by atoms with Crippen molar-refractivity contribution >= 4 is 21.6 Å². The van der Waals surface area contributed by atoms with E-state index in [1.54, 1.807) is 12.1 Å². The average Bonchev–Trinajstić information content (AvgIpc) is 2.34. The molecule has 0 aromatic heterocycles. The fourth-order valence-electron chi connectivity index (χ4n) is 1.47. The lowest BCUT2D eigenvalue weighted by Crippen LogP contribution is -2.33. The van der Waals surface area contributed by atoms with Crippen LogP contribution in [-0.2, 0) is 10.0 Å². The van der Waals surface area contributed by atoms with E-state index in [9.17, 15) is 8.42 Å². The molecule has 1 N–H and O–H groups in total. The van der Waals surface area contributed by atoms with Crippen molar-refractivity contribution in [2.45, 2.75) is 37.1 Å². The Morgan fingerprint density at radius 1 is 1.44 bits per heavy atom. The first-order valence-corrected chi connectivity index (χ1v) is 7.54. The van der Waals surface area contributed by atoms with Crippen LogP contribution in [0.15, 0.2) is 29.2 Å². The maximum Gasteiger partial charge on any atom is 0.243 e. The van der Waals surface area contributed by atoms with Crippen LogP contribution in [-0.4, -0.2) is 14.5 Å². The molecule has 0 fully saturated rings. The number of hydrogen-bond acceptors (Lipinski definition) is 3. The summed E-state index contributed by atoms with van der Waals surface area (Å²) in [7, 11) is -3.74. The summed E-state index contributed by atoms with van der Waals surface area (Å²) < 4.78 is 26.4. The Balaban J connectivity index is 2.89. The smallest absolute Gasteiger partial charge is 0.207 e. The van der Waals surface area contributed by atoms with Gasteiger partial charge in [0.15, 0.2) is 0 Å². The Kier molecular flexibility index (Phi) is 5.60. The van der Waals surface area contributed by atoms with Gasteiger partial charge in [0.2, 0.25) is 10.0 Å². The summed E-state index contributed by atoms with van der Waals surface area (Å²) in [4.78, 5) is 0.00316. The molecule has 0 aliphatic heterocycles. The molecule has 0 aliphatic carbocycles. The van der Waals surface area contributed by atoms with Crippen LogP contribution < -0.4 is 4.72 Å². The van der Waals surface area contributed by atoms with Gasteiger partial charge in [0.25, 0.3) is 0 Å². The first kappa shape index (κ1) is 15.0. The lowest BCUT2D eigenvalue weighted by molar-refractivity contribution is 0.557. The summed E-state index contributed by atoms with van der Waals surface area (Å²) in [6.45, 7) is 1.98. The summed E-state index contributed by atoms with van der Waals surface area (Å²) in [5, 5.41) is 9.07. The van der Waals surface area contributed by atoms with E-state index in [1.807, 2.05) is 13.0 Å². The maximum absolute atomic E-state index is 12.0. The molecule has 0 aliphatic rings. The van der Waals surface area contributed by atoms with Gasteiger partial charge in [0, 0.05) is 0 Å². The quantitative estimate of drug-likeness (QED) is 0.874. The molecule has 0 spiro atoms. The molecule has 4 nitrogen and oxygen atoms in total. The number of sulfonamides is 1. The first-order chi connectivity index (χ1) is 8.51. The predicted octanol–water partition coefficient (Wildman–Crippen LogP) is 2.70. The molecule has 1 atom stereocenters. The van der Waals surface area contributed by atoms with Crippen molar-refractivity contribution < 1.29 is 8.42 Å². The van der Waals surface area contributed by atoms with Gasteiger partial charge in [-0.3, -0.25) is 0 Å². The number of halogens is 1. The minimum atomic E-state index is -3.74. The van der Waals surface area contributed by atoms with Gasteiger partial charge in [-0.1, -0.05) is 43.5 Å². The van der Waals surface area contributed by atoms with Gasteiger partial charge in [0.1, 0.15) is 10.9 Å². The zero-order valence-corrected chi connectivity index (χ0v) is 11.6. The maximum atomic E-state index is 12.0. The minimum absolute atomic E-state index is 0.00316. The average molecular weight is 287 g/mol. The molecule has 0 bridgehead atoms. The number of hydrogen-bond donors (Lipinski definition) is 1. The number of nitrogens with zero attached hydrogens (tertiary/aromatic N) is 1. The van der Waals surface area contributed by atoms with Crippen LogP contribution in [0.1, 0.15) is 26.2 Å². The molecule has 0 radical (unpaired) electrons. The highest BCUT2D eigenvalue weighted by molar-refractivity contribution is 7.89. The van der Waals surface area contributed by atoms with Gasteiger partial charge in [-0.15, -0.1) is 0 Å². The van der Waals surface area contributed by atoms with Crippen LogP contribution in [0.4, 0.5) is 0 Å². The third-order valence-electron chi connectivity index (χ3n) is 2.43. The molecule has 18 heavy (non-hydrogen) atoms. The van der Waals surface area contributed by atoms with Crippen molar-refractivity contribution in [3.8, 4) is 6.07 Å². The molecular weight excluding hydrogens is 272 g/mol. The number of nitriles is 1. The van der Waals surface area contributed by atoms with E-state index in [0.717, 1.165) is 12.8 Å². The van der Waals surface area contributed by atoms with E-state index in [2.05, 4.69) is 4.72 Å². The first-order valence-electron chi connectivity index (χ1n) is 5.67. The Morgan fingerprint density at radius 3 is 2.67 bits per heavy atom. The van der Waals surface area contributed by atoms with E-state index < -0.39 is 16.1 Å². The predicted molar refractivity (Wildman–Crippen MR) is 70.7 cm³/mol. The van der Waals surface area contributed by atoms with E-state index in [1.165, 1.54) is 12.1 Å². The Bertz CT molecular complexity index is 537. The molecule has 0 saturated carbocycles. The summed E-state index contributed by atoms with van der Waals surface area (Å²) in [5.74, 6) is 0. The van der Waals surface area contributed by atoms with Crippen LogP contribution >= 0.6 is 11.6 Å². The molecule has 1 aromatic rings. The van der Waals surface area contributed by atoms with Gasteiger partial charge < -0.3 is 0 Å². The third kappa shape index (κ3) is 3.98. The van der Waals surface area contributed by atoms with E-state index in [4.69, 9.17) is 16.9 Å². The lowest BCUT2D eigenvalue weighted by atomic mass is 10.1. The largest absolute Gasteiger partial charge is 0.243 e. The third-order valence-corrected chi connectivity index (χ3v) is 4.40. The number of benzene rings is 1. The van der Waals surface area contributed by atoms with Crippen LogP contribution in [0.2, 0.25) is 5.02 Å². The zero-order valence-electron chi connectivity index (χ0n) is 10.1. The molecule has 0 heterocycles.